The number of rotatable bonds is 7. The Labute approximate surface area is 197 Å². The van der Waals surface area contributed by atoms with Crippen molar-refractivity contribution in [1.82, 2.24) is 19.9 Å². The molecule has 0 bridgehead atoms. The summed E-state index contributed by atoms with van der Waals surface area (Å²) in [6, 6.07) is 1.66. The zero-order chi connectivity index (χ0) is 22.1. The molecule has 0 radical (unpaired) electrons. The van der Waals surface area contributed by atoms with Crippen molar-refractivity contribution < 1.29 is 13.6 Å². The molecular formula is C20H28Cl2F2N6O2. The molecule has 2 aromatic heterocycles. The first kappa shape index (κ1) is 27.6. The predicted molar refractivity (Wildman–Crippen MR) is 124 cm³/mol. The summed E-state index contributed by atoms with van der Waals surface area (Å²) in [6.07, 6.45) is 3.19. The van der Waals surface area contributed by atoms with Crippen LogP contribution < -0.4 is 21.9 Å². The van der Waals surface area contributed by atoms with Gasteiger partial charge < -0.3 is 16.4 Å². The Morgan fingerprint density at radius 3 is 2.53 bits per heavy atom. The van der Waals surface area contributed by atoms with Crippen LogP contribution in [0.5, 0.6) is 0 Å². The van der Waals surface area contributed by atoms with E-state index in [0.717, 1.165) is 6.42 Å². The number of aromatic nitrogens is 3. The number of pyridine rings is 1. The monoisotopic (exact) mass is 492 g/mol. The average Bonchev–Trinajstić information content (AvgIpc) is 2.59. The average molecular weight is 493 g/mol. The summed E-state index contributed by atoms with van der Waals surface area (Å²) in [5.41, 5.74) is 7.54. The molecule has 32 heavy (non-hydrogen) atoms. The van der Waals surface area contributed by atoms with Gasteiger partial charge in [0.15, 0.2) is 5.82 Å². The van der Waals surface area contributed by atoms with Gasteiger partial charge in [-0.15, -0.1) is 24.8 Å². The minimum atomic E-state index is -2.90. The van der Waals surface area contributed by atoms with Gasteiger partial charge in [-0.1, -0.05) is 6.42 Å². The van der Waals surface area contributed by atoms with Crippen molar-refractivity contribution in [1.29, 1.82) is 0 Å². The Bertz CT molecular complexity index is 1030. The molecule has 8 nitrogen and oxygen atoms in total. The van der Waals surface area contributed by atoms with E-state index in [4.69, 9.17) is 5.73 Å². The SMILES string of the molecule is CC(=O)NCc1cc(-n2c(C)cnc(NCC(F)(F)C3CCC3)c2=O)c(N)nc1C.Cl.Cl. The number of nitrogens with two attached hydrogens (primary N) is 1. The third-order valence-corrected chi connectivity index (χ3v) is 5.43. The largest absolute Gasteiger partial charge is 0.382 e. The van der Waals surface area contributed by atoms with E-state index >= 15 is 0 Å². The van der Waals surface area contributed by atoms with E-state index < -0.39 is 23.9 Å². The maximum Gasteiger partial charge on any atom is 0.298 e. The van der Waals surface area contributed by atoms with Crippen LogP contribution in [-0.4, -0.2) is 32.9 Å². The van der Waals surface area contributed by atoms with Gasteiger partial charge in [-0.2, -0.15) is 0 Å². The van der Waals surface area contributed by atoms with Crippen LogP contribution >= 0.6 is 24.8 Å². The molecule has 0 unspecified atom stereocenters. The number of carbonyl (C=O) groups is 1. The number of amides is 1. The molecule has 0 spiro atoms. The fourth-order valence-electron chi connectivity index (χ4n) is 3.37. The highest BCUT2D eigenvalue weighted by molar-refractivity contribution is 5.85. The van der Waals surface area contributed by atoms with Gasteiger partial charge in [0.05, 0.1) is 12.2 Å². The van der Waals surface area contributed by atoms with E-state index in [1.165, 1.54) is 17.7 Å². The minimum absolute atomic E-state index is 0. The van der Waals surface area contributed by atoms with Crippen molar-refractivity contribution >= 4 is 42.4 Å². The number of hydrogen-bond donors (Lipinski definition) is 3. The van der Waals surface area contributed by atoms with Crippen LogP contribution in [0.1, 0.15) is 43.1 Å². The number of nitrogens with one attached hydrogen (secondary N) is 2. The van der Waals surface area contributed by atoms with E-state index in [0.29, 0.717) is 35.5 Å². The molecule has 1 aliphatic carbocycles. The number of anilines is 2. The standard InChI is InChI=1S/C20H26F2N6O2.2ClH/c1-11-8-25-18(26-10-20(21,22)15-5-4-6-15)19(30)28(11)16-7-14(9-24-13(3)29)12(2)27-17(16)23;;/h7-8,15H,4-6,9-10H2,1-3H3,(H2,23,27)(H,24,29)(H,25,26);2*1H. The van der Waals surface area contributed by atoms with E-state index in [-0.39, 0.29) is 48.9 Å². The lowest BCUT2D eigenvalue weighted by atomic mass is 9.80. The smallest absolute Gasteiger partial charge is 0.298 e. The molecule has 1 fully saturated rings. The molecular weight excluding hydrogens is 465 g/mol. The number of nitrogen functional groups attached to an aromatic ring is 1. The summed E-state index contributed by atoms with van der Waals surface area (Å²) in [5, 5.41) is 5.20. The van der Waals surface area contributed by atoms with Gasteiger partial charge in [0.25, 0.3) is 11.5 Å². The Kier molecular flexibility index (Phi) is 9.40. The molecule has 0 saturated heterocycles. The normalized spacial score (nSPS) is 13.4. The quantitative estimate of drug-likeness (QED) is 0.546. The van der Waals surface area contributed by atoms with Crippen LogP contribution in [0.3, 0.4) is 0 Å². The lowest BCUT2D eigenvalue weighted by Crippen LogP contribution is -2.40. The molecule has 2 aromatic rings. The fourth-order valence-corrected chi connectivity index (χ4v) is 3.37. The Morgan fingerprint density at radius 1 is 1.31 bits per heavy atom. The predicted octanol–water partition coefficient (Wildman–Crippen LogP) is 3.15. The maximum atomic E-state index is 14.2. The molecule has 12 heteroatoms. The molecule has 4 N–H and O–H groups in total. The fraction of sp³-hybridized carbons (Fsp3) is 0.500. The molecule has 1 saturated carbocycles. The third-order valence-electron chi connectivity index (χ3n) is 5.43. The van der Waals surface area contributed by atoms with Crippen LogP contribution in [0.4, 0.5) is 20.4 Å². The van der Waals surface area contributed by atoms with Crippen molar-refractivity contribution in [2.45, 2.75) is 52.5 Å². The van der Waals surface area contributed by atoms with E-state index in [1.54, 1.807) is 19.9 Å². The zero-order valence-electron chi connectivity index (χ0n) is 18.1. The summed E-state index contributed by atoms with van der Waals surface area (Å²) in [5.74, 6) is -3.84. The summed E-state index contributed by atoms with van der Waals surface area (Å²) in [4.78, 5) is 32.5. The second kappa shape index (κ2) is 10.9. The van der Waals surface area contributed by atoms with Gasteiger partial charge in [-0.25, -0.2) is 18.7 Å². The first-order valence-electron chi connectivity index (χ1n) is 9.81. The Balaban J connectivity index is 0.00000256. The van der Waals surface area contributed by atoms with E-state index in [9.17, 15) is 18.4 Å². The topological polar surface area (TPSA) is 115 Å². The van der Waals surface area contributed by atoms with Gasteiger partial charge >= 0.3 is 0 Å². The van der Waals surface area contributed by atoms with Crippen LogP contribution in [-0.2, 0) is 11.3 Å². The number of hydrogen-bond acceptors (Lipinski definition) is 6. The van der Waals surface area contributed by atoms with Crippen LogP contribution in [0.2, 0.25) is 0 Å². The first-order valence-corrected chi connectivity index (χ1v) is 9.81. The molecule has 3 rings (SSSR count). The number of aryl methyl sites for hydroxylation is 2. The number of nitrogens with zero attached hydrogens (tertiary/aromatic N) is 3. The van der Waals surface area contributed by atoms with Crippen molar-refractivity contribution in [2.75, 3.05) is 17.6 Å². The highest BCUT2D eigenvalue weighted by Crippen LogP contribution is 2.39. The van der Waals surface area contributed by atoms with Crippen molar-refractivity contribution in [3.05, 3.63) is 39.6 Å². The maximum absolute atomic E-state index is 14.2. The van der Waals surface area contributed by atoms with E-state index in [1.807, 2.05) is 0 Å². The van der Waals surface area contributed by atoms with Crippen LogP contribution in [0, 0.1) is 19.8 Å². The number of halogens is 4. The number of carbonyl (C=O) groups excluding carboxylic acids is 1. The molecule has 0 aromatic carbocycles. The Hall–Kier alpha value is -2.46. The minimum Gasteiger partial charge on any atom is -0.382 e. The second-order valence-electron chi connectivity index (χ2n) is 7.68. The van der Waals surface area contributed by atoms with Gasteiger partial charge in [-0.05, 0) is 38.3 Å². The van der Waals surface area contributed by atoms with Crippen LogP contribution in [0.25, 0.3) is 5.69 Å². The lowest BCUT2D eigenvalue weighted by molar-refractivity contribution is -0.119. The van der Waals surface area contributed by atoms with Crippen LogP contribution in [0.15, 0.2) is 17.1 Å². The highest BCUT2D eigenvalue weighted by atomic mass is 35.5. The molecule has 178 valence electrons. The van der Waals surface area contributed by atoms with Crippen molar-refractivity contribution in [2.24, 2.45) is 5.92 Å². The molecule has 1 amide bonds. The van der Waals surface area contributed by atoms with E-state index in [2.05, 4.69) is 20.6 Å². The van der Waals surface area contributed by atoms with Gasteiger partial charge in [-0.3, -0.25) is 14.2 Å². The summed E-state index contributed by atoms with van der Waals surface area (Å²) in [6.45, 7) is 4.37. The highest BCUT2D eigenvalue weighted by Gasteiger charge is 2.42. The molecule has 1 aliphatic rings. The lowest BCUT2D eigenvalue weighted by Gasteiger charge is -2.33. The first-order chi connectivity index (χ1) is 14.1. The summed E-state index contributed by atoms with van der Waals surface area (Å²) >= 11 is 0. The third kappa shape index (κ3) is 5.86. The Morgan fingerprint density at radius 2 is 1.97 bits per heavy atom. The van der Waals surface area contributed by atoms with Gasteiger partial charge in [0.1, 0.15) is 5.82 Å². The van der Waals surface area contributed by atoms with Crippen molar-refractivity contribution in [3.63, 3.8) is 0 Å². The van der Waals surface area contributed by atoms with Gasteiger partial charge in [0.2, 0.25) is 5.91 Å². The molecule has 2 heterocycles. The molecule has 0 aliphatic heterocycles. The zero-order valence-corrected chi connectivity index (χ0v) is 19.7. The summed E-state index contributed by atoms with van der Waals surface area (Å²) in [7, 11) is 0. The molecule has 0 atom stereocenters. The van der Waals surface area contributed by atoms with Gasteiger partial charge in [0, 0.05) is 37.0 Å². The summed E-state index contributed by atoms with van der Waals surface area (Å²) < 4.78 is 29.8. The van der Waals surface area contributed by atoms with Crippen molar-refractivity contribution in [3.8, 4) is 5.69 Å². The number of alkyl halides is 2. The second-order valence-corrected chi connectivity index (χ2v) is 7.68.